The fourth-order valence-corrected chi connectivity index (χ4v) is 5.32. The first-order valence-electron chi connectivity index (χ1n) is 9.89. The van der Waals surface area contributed by atoms with Gasteiger partial charge in [0.15, 0.2) is 0 Å². The summed E-state index contributed by atoms with van der Waals surface area (Å²) < 4.78 is 27.8. The molecule has 8 heteroatoms. The molecule has 0 atom stereocenters. The van der Waals surface area contributed by atoms with Gasteiger partial charge in [0, 0.05) is 24.2 Å². The normalized spacial score (nSPS) is 14.5. The number of aromatic amines is 1. The van der Waals surface area contributed by atoms with E-state index in [0.29, 0.717) is 36.4 Å². The summed E-state index contributed by atoms with van der Waals surface area (Å²) in [7, 11) is -3.59. The van der Waals surface area contributed by atoms with E-state index in [2.05, 4.69) is 9.97 Å². The van der Waals surface area contributed by atoms with E-state index >= 15 is 0 Å². The number of amides is 1. The van der Waals surface area contributed by atoms with Crippen LogP contribution in [0.2, 0.25) is 0 Å². The second-order valence-electron chi connectivity index (χ2n) is 7.56. The van der Waals surface area contributed by atoms with Gasteiger partial charge in [-0.05, 0) is 60.0 Å². The Balaban J connectivity index is 1.42. The largest absolute Gasteiger partial charge is 0.366 e. The minimum atomic E-state index is -3.59. The molecule has 3 N–H and O–H groups in total. The van der Waals surface area contributed by atoms with Crippen molar-refractivity contribution in [2.75, 3.05) is 6.54 Å². The van der Waals surface area contributed by atoms with Gasteiger partial charge in [0.25, 0.3) is 0 Å². The zero-order valence-corrected chi connectivity index (χ0v) is 17.4. The van der Waals surface area contributed by atoms with Crippen LogP contribution in [0.25, 0.3) is 22.4 Å². The van der Waals surface area contributed by atoms with Crippen LogP contribution in [0.4, 0.5) is 0 Å². The molecule has 5 rings (SSSR count). The molecule has 1 aliphatic heterocycles. The first-order valence-corrected chi connectivity index (χ1v) is 11.3. The van der Waals surface area contributed by atoms with Gasteiger partial charge >= 0.3 is 0 Å². The lowest BCUT2D eigenvalue weighted by Gasteiger charge is -2.28. The molecule has 0 radical (unpaired) electrons. The van der Waals surface area contributed by atoms with Crippen LogP contribution in [-0.2, 0) is 23.0 Å². The number of primary amides is 1. The summed E-state index contributed by atoms with van der Waals surface area (Å²) >= 11 is 0. The van der Waals surface area contributed by atoms with Crippen LogP contribution >= 0.6 is 0 Å². The predicted molar refractivity (Wildman–Crippen MR) is 118 cm³/mol. The van der Waals surface area contributed by atoms with E-state index in [-0.39, 0.29) is 4.90 Å². The Kier molecular flexibility index (Phi) is 4.60. The molecule has 0 saturated heterocycles. The van der Waals surface area contributed by atoms with Crippen molar-refractivity contribution >= 4 is 27.0 Å². The molecular weight excluding hydrogens is 412 g/mol. The number of nitrogens with one attached hydrogen (secondary N) is 1. The van der Waals surface area contributed by atoms with Crippen LogP contribution in [0, 0.1) is 0 Å². The van der Waals surface area contributed by atoms with Crippen molar-refractivity contribution in [3.8, 4) is 11.4 Å². The van der Waals surface area contributed by atoms with Crippen molar-refractivity contribution in [3.63, 3.8) is 0 Å². The second-order valence-corrected chi connectivity index (χ2v) is 9.50. The Bertz CT molecular complexity index is 1410. The number of carbonyl (C=O) groups excluding carboxylic acids is 1. The standard InChI is InChI=1S/C23H20N4O3S/c24-22(28)17-7-10-20-21(13-17)26-23(25-20)16-5-8-19(9-6-16)31(29,30)27-12-11-15-3-1-2-4-18(15)14-27/h1-10,13H,11-12,14H2,(H2,24,28)(H,25,26). The van der Waals surface area contributed by atoms with Gasteiger partial charge in [0.1, 0.15) is 5.82 Å². The number of hydrogen-bond acceptors (Lipinski definition) is 4. The third-order valence-corrected chi connectivity index (χ3v) is 7.49. The molecule has 156 valence electrons. The van der Waals surface area contributed by atoms with Crippen LogP contribution in [0.5, 0.6) is 0 Å². The number of carbonyl (C=O) groups is 1. The van der Waals surface area contributed by atoms with E-state index in [4.69, 9.17) is 5.73 Å². The van der Waals surface area contributed by atoms with Crippen LogP contribution in [0.3, 0.4) is 0 Å². The summed E-state index contributed by atoms with van der Waals surface area (Å²) in [4.78, 5) is 19.3. The maximum atomic E-state index is 13.1. The molecule has 1 aliphatic rings. The van der Waals surface area contributed by atoms with Gasteiger partial charge in [0.2, 0.25) is 15.9 Å². The topological polar surface area (TPSA) is 109 Å². The smallest absolute Gasteiger partial charge is 0.248 e. The number of fused-ring (bicyclic) bond motifs is 2. The molecule has 0 bridgehead atoms. The molecule has 2 heterocycles. The Labute approximate surface area is 179 Å². The van der Waals surface area contributed by atoms with E-state index in [1.165, 1.54) is 9.87 Å². The maximum Gasteiger partial charge on any atom is 0.248 e. The molecule has 0 unspecified atom stereocenters. The predicted octanol–water partition coefficient (Wildman–Crippen LogP) is 3.08. The molecule has 31 heavy (non-hydrogen) atoms. The van der Waals surface area contributed by atoms with E-state index in [1.54, 1.807) is 42.5 Å². The summed E-state index contributed by atoms with van der Waals surface area (Å²) in [5.74, 6) is 0.0776. The zero-order valence-electron chi connectivity index (χ0n) is 16.6. The van der Waals surface area contributed by atoms with Crippen molar-refractivity contribution in [3.05, 3.63) is 83.4 Å². The summed E-state index contributed by atoms with van der Waals surface area (Å²) in [5.41, 5.74) is 10.1. The zero-order chi connectivity index (χ0) is 21.6. The molecule has 0 aliphatic carbocycles. The van der Waals surface area contributed by atoms with Crippen LogP contribution < -0.4 is 5.73 Å². The Morgan fingerprint density at radius 2 is 1.74 bits per heavy atom. The van der Waals surface area contributed by atoms with Gasteiger partial charge in [-0.15, -0.1) is 0 Å². The van der Waals surface area contributed by atoms with Crippen LogP contribution in [0.1, 0.15) is 21.5 Å². The number of hydrogen-bond donors (Lipinski definition) is 2. The molecule has 0 fully saturated rings. The average Bonchev–Trinajstić information content (AvgIpc) is 3.22. The van der Waals surface area contributed by atoms with Crippen molar-refractivity contribution in [1.82, 2.24) is 14.3 Å². The number of H-pyrrole nitrogens is 1. The fraction of sp³-hybridized carbons (Fsp3) is 0.130. The number of rotatable bonds is 4. The van der Waals surface area contributed by atoms with E-state index in [1.807, 2.05) is 24.3 Å². The van der Waals surface area contributed by atoms with Crippen LogP contribution in [0.15, 0.2) is 71.6 Å². The molecule has 0 saturated carbocycles. The van der Waals surface area contributed by atoms with Crippen molar-refractivity contribution < 1.29 is 13.2 Å². The molecule has 1 aromatic heterocycles. The minimum absolute atomic E-state index is 0.253. The summed E-state index contributed by atoms with van der Waals surface area (Å²) in [5, 5.41) is 0. The second kappa shape index (κ2) is 7.33. The van der Waals surface area contributed by atoms with Crippen molar-refractivity contribution in [1.29, 1.82) is 0 Å². The molecule has 1 amide bonds. The van der Waals surface area contributed by atoms with Crippen molar-refractivity contribution in [2.45, 2.75) is 17.9 Å². The van der Waals surface area contributed by atoms with Gasteiger partial charge in [-0.1, -0.05) is 24.3 Å². The fourth-order valence-electron chi connectivity index (χ4n) is 3.90. The highest BCUT2D eigenvalue weighted by atomic mass is 32.2. The Morgan fingerprint density at radius 3 is 2.48 bits per heavy atom. The number of nitrogens with two attached hydrogens (primary N) is 1. The SMILES string of the molecule is NC(=O)c1ccc2[nH]c(-c3ccc(S(=O)(=O)N4CCc5ccccc5C4)cc3)nc2c1. The van der Waals surface area contributed by atoms with Gasteiger partial charge in [-0.2, -0.15) is 4.31 Å². The lowest BCUT2D eigenvalue weighted by atomic mass is 10.0. The summed E-state index contributed by atoms with van der Waals surface area (Å²) in [6.07, 6.45) is 0.708. The third-order valence-electron chi connectivity index (χ3n) is 5.63. The average molecular weight is 433 g/mol. The number of nitrogens with zero attached hydrogens (tertiary/aromatic N) is 2. The third kappa shape index (κ3) is 3.49. The van der Waals surface area contributed by atoms with Crippen molar-refractivity contribution in [2.24, 2.45) is 5.73 Å². The molecular formula is C23H20N4O3S. The van der Waals surface area contributed by atoms with Crippen LogP contribution in [-0.4, -0.2) is 35.1 Å². The maximum absolute atomic E-state index is 13.1. The highest BCUT2D eigenvalue weighted by Crippen LogP contribution is 2.27. The van der Waals surface area contributed by atoms with E-state index in [0.717, 1.165) is 16.6 Å². The van der Waals surface area contributed by atoms with Gasteiger partial charge in [0.05, 0.1) is 15.9 Å². The highest BCUT2D eigenvalue weighted by Gasteiger charge is 2.28. The number of aromatic nitrogens is 2. The lowest BCUT2D eigenvalue weighted by molar-refractivity contribution is 0.100. The van der Waals surface area contributed by atoms with Gasteiger partial charge in [-0.25, -0.2) is 13.4 Å². The Morgan fingerprint density at radius 1 is 1.00 bits per heavy atom. The molecule has 7 nitrogen and oxygen atoms in total. The summed E-state index contributed by atoms with van der Waals surface area (Å²) in [6, 6.07) is 19.6. The first-order chi connectivity index (χ1) is 14.9. The van der Waals surface area contributed by atoms with E-state index < -0.39 is 15.9 Å². The first kappa shape index (κ1) is 19.5. The number of benzene rings is 3. The molecule has 0 spiro atoms. The summed E-state index contributed by atoms with van der Waals surface area (Å²) in [6.45, 7) is 0.846. The van der Waals surface area contributed by atoms with Gasteiger partial charge < -0.3 is 10.7 Å². The number of imidazole rings is 1. The number of sulfonamides is 1. The van der Waals surface area contributed by atoms with E-state index in [9.17, 15) is 13.2 Å². The quantitative estimate of drug-likeness (QED) is 0.516. The Hall–Kier alpha value is -3.49. The minimum Gasteiger partial charge on any atom is -0.366 e. The lowest BCUT2D eigenvalue weighted by Crippen LogP contribution is -2.35. The monoisotopic (exact) mass is 432 g/mol. The molecule has 4 aromatic rings. The van der Waals surface area contributed by atoms with Gasteiger partial charge in [-0.3, -0.25) is 4.79 Å². The molecule has 3 aromatic carbocycles. The highest BCUT2D eigenvalue weighted by molar-refractivity contribution is 7.89.